The van der Waals surface area contributed by atoms with Gasteiger partial charge in [-0.15, -0.1) is 24.0 Å². The predicted molar refractivity (Wildman–Crippen MR) is 107 cm³/mol. The van der Waals surface area contributed by atoms with Gasteiger partial charge in [0.1, 0.15) is 0 Å². The maximum absolute atomic E-state index is 4.33. The Morgan fingerprint density at radius 3 is 2.83 bits per heavy atom. The van der Waals surface area contributed by atoms with Crippen molar-refractivity contribution in [1.29, 1.82) is 0 Å². The fourth-order valence-corrected chi connectivity index (χ4v) is 2.61. The van der Waals surface area contributed by atoms with Crippen LogP contribution in [0.5, 0.6) is 0 Å². The first kappa shape index (κ1) is 20.1. The first-order chi connectivity index (χ1) is 10.7. The van der Waals surface area contributed by atoms with Crippen LogP contribution in [0.25, 0.3) is 0 Å². The lowest BCUT2D eigenvalue weighted by Gasteiger charge is -2.37. The number of hydrogen-bond donors (Lipinski definition) is 2. The van der Waals surface area contributed by atoms with Crippen molar-refractivity contribution >= 4 is 29.9 Å². The van der Waals surface area contributed by atoms with Gasteiger partial charge in [-0.3, -0.25) is 14.9 Å². The zero-order valence-corrected chi connectivity index (χ0v) is 16.7. The molecule has 2 rings (SSSR count). The van der Waals surface area contributed by atoms with Crippen LogP contribution >= 0.6 is 24.0 Å². The lowest BCUT2D eigenvalue weighted by molar-refractivity contribution is 0.116. The molecule has 2 N–H and O–H groups in total. The molecular formula is C16H29IN6. The Labute approximate surface area is 156 Å². The number of aromatic nitrogens is 1. The maximum atomic E-state index is 4.33. The Bertz CT molecular complexity index is 467. The summed E-state index contributed by atoms with van der Waals surface area (Å²) in [6.45, 7) is 5.09. The Hall–Kier alpha value is -0.930. The van der Waals surface area contributed by atoms with Gasteiger partial charge in [-0.2, -0.15) is 0 Å². The zero-order chi connectivity index (χ0) is 15.8. The van der Waals surface area contributed by atoms with E-state index in [2.05, 4.69) is 44.5 Å². The highest BCUT2D eigenvalue weighted by molar-refractivity contribution is 14.0. The quantitative estimate of drug-likeness (QED) is 0.407. The Morgan fingerprint density at radius 2 is 2.13 bits per heavy atom. The predicted octanol–water partition coefficient (Wildman–Crippen LogP) is 0.653. The average molecular weight is 432 g/mol. The second kappa shape index (κ2) is 10.8. The minimum atomic E-state index is 0. The Balaban J connectivity index is 0.00000264. The van der Waals surface area contributed by atoms with E-state index < -0.39 is 0 Å². The van der Waals surface area contributed by atoms with Gasteiger partial charge in [0.15, 0.2) is 5.96 Å². The monoisotopic (exact) mass is 432 g/mol. The van der Waals surface area contributed by atoms with Gasteiger partial charge in [-0.25, -0.2) is 0 Å². The normalized spacial score (nSPS) is 20.0. The largest absolute Gasteiger partial charge is 0.356 e. The molecule has 2 heterocycles. The summed E-state index contributed by atoms with van der Waals surface area (Å²) in [5, 5.41) is 6.78. The molecule has 23 heavy (non-hydrogen) atoms. The van der Waals surface area contributed by atoms with Crippen molar-refractivity contribution < 1.29 is 0 Å². The maximum Gasteiger partial charge on any atom is 0.191 e. The lowest BCUT2D eigenvalue weighted by atomic mass is 10.2. The number of halogens is 1. The number of guanidine groups is 1. The van der Waals surface area contributed by atoms with Crippen LogP contribution in [0.4, 0.5) is 0 Å². The molecule has 0 aromatic carbocycles. The standard InChI is InChI=1S/C16H28N6.HI/c1-17-16(19-9-7-14-6-4-5-8-18-14)20-12-15-13-21(2)10-11-22(15)3;/h4-6,8,15H,7,9-13H2,1-3H3,(H2,17,19,20);1H. The van der Waals surface area contributed by atoms with Gasteiger partial charge in [0.2, 0.25) is 0 Å². The molecule has 1 aromatic rings. The van der Waals surface area contributed by atoms with E-state index in [0.29, 0.717) is 6.04 Å². The molecule has 1 fully saturated rings. The number of aliphatic imine (C=N–C) groups is 1. The van der Waals surface area contributed by atoms with Crippen molar-refractivity contribution in [3.8, 4) is 0 Å². The topological polar surface area (TPSA) is 55.8 Å². The van der Waals surface area contributed by atoms with Crippen LogP contribution in [0.15, 0.2) is 29.4 Å². The van der Waals surface area contributed by atoms with Crippen molar-refractivity contribution in [2.45, 2.75) is 12.5 Å². The number of nitrogens with one attached hydrogen (secondary N) is 2. The third-order valence-electron chi connectivity index (χ3n) is 4.11. The van der Waals surface area contributed by atoms with Crippen LogP contribution in [0.3, 0.4) is 0 Å². The summed E-state index contributed by atoms with van der Waals surface area (Å²) in [5.41, 5.74) is 1.10. The number of hydrogen-bond acceptors (Lipinski definition) is 4. The van der Waals surface area contributed by atoms with Crippen LogP contribution in [-0.2, 0) is 6.42 Å². The van der Waals surface area contributed by atoms with Crippen molar-refractivity contribution in [2.75, 3.05) is 53.9 Å². The number of nitrogens with zero attached hydrogens (tertiary/aromatic N) is 4. The molecule has 1 atom stereocenters. The molecule has 1 aliphatic heterocycles. The van der Waals surface area contributed by atoms with Crippen molar-refractivity contribution in [3.05, 3.63) is 30.1 Å². The zero-order valence-electron chi connectivity index (χ0n) is 14.3. The van der Waals surface area contributed by atoms with E-state index in [4.69, 9.17) is 0 Å². The number of rotatable bonds is 5. The van der Waals surface area contributed by atoms with Gasteiger partial charge in [0, 0.05) is 64.1 Å². The summed E-state index contributed by atoms with van der Waals surface area (Å²) >= 11 is 0. The highest BCUT2D eigenvalue weighted by Crippen LogP contribution is 2.04. The van der Waals surface area contributed by atoms with Gasteiger partial charge >= 0.3 is 0 Å². The smallest absolute Gasteiger partial charge is 0.191 e. The molecule has 1 aliphatic rings. The minimum absolute atomic E-state index is 0. The highest BCUT2D eigenvalue weighted by atomic mass is 127. The van der Waals surface area contributed by atoms with E-state index in [1.54, 1.807) is 0 Å². The number of likely N-dealkylation sites (N-methyl/N-ethyl adjacent to an activating group) is 2. The van der Waals surface area contributed by atoms with Gasteiger partial charge in [-0.05, 0) is 26.2 Å². The van der Waals surface area contributed by atoms with Crippen LogP contribution in [0.1, 0.15) is 5.69 Å². The van der Waals surface area contributed by atoms with E-state index in [0.717, 1.165) is 50.8 Å². The molecule has 1 unspecified atom stereocenters. The number of piperazine rings is 1. The van der Waals surface area contributed by atoms with Gasteiger partial charge in [0.25, 0.3) is 0 Å². The fraction of sp³-hybridized carbons (Fsp3) is 0.625. The van der Waals surface area contributed by atoms with Crippen LogP contribution in [0, 0.1) is 0 Å². The first-order valence-corrected chi connectivity index (χ1v) is 7.92. The van der Waals surface area contributed by atoms with Gasteiger partial charge < -0.3 is 15.5 Å². The summed E-state index contributed by atoms with van der Waals surface area (Å²) in [5.74, 6) is 0.859. The molecule has 130 valence electrons. The molecule has 0 aliphatic carbocycles. The van der Waals surface area contributed by atoms with E-state index in [-0.39, 0.29) is 24.0 Å². The third-order valence-corrected chi connectivity index (χ3v) is 4.11. The lowest BCUT2D eigenvalue weighted by Crippen LogP contribution is -2.55. The van der Waals surface area contributed by atoms with Crippen molar-refractivity contribution in [1.82, 2.24) is 25.4 Å². The summed E-state index contributed by atoms with van der Waals surface area (Å²) in [4.78, 5) is 13.4. The summed E-state index contributed by atoms with van der Waals surface area (Å²) in [6.07, 6.45) is 2.73. The molecule has 7 heteroatoms. The Morgan fingerprint density at radius 1 is 1.30 bits per heavy atom. The molecule has 1 aromatic heterocycles. The average Bonchev–Trinajstić information content (AvgIpc) is 2.54. The van der Waals surface area contributed by atoms with Gasteiger partial charge in [0.05, 0.1) is 0 Å². The van der Waals surface area contributed by atoms with Crippen LogP contribution in [0.2, 0.25) is 0 Å². The van der Waals surface area contributed by atoms with E-state index in [1.807, 2.05) is 31.4 Å². The molecule has 0 bridgehead atoms. The molecule has 0 amide bonds. The first-order valence-electron chi connectivity index (χ1n) is 7.92. The summed E-state index contributed by atoms with van der Waals surface area (Å²) < 4.78 is 0. The van der Waals surface area contributed by atoms with E-state index in [9.17, 15) is 0 Å². The minimum Gasteiger partial charge on any atom is -0.356 e. The molecule has 0 saturated carbocycles. The van der Waals surface area contributed by atoms with Crippen LogP contribution in [-0.4, -0.2) is 80.7 Å². The SMILES string of the molecule is CN=C(NCCc1ccccn1)NCC1CN(C)CCN1C.I. The van der Waals surface area contributed by atoms with Crippen molar-refractivity contribution in [3.63, 3.8) is 0 Å². The second-order valence-corrected chi connectivity index (χ2v) is 5.85. The third kappa shape index (κ3) is 7.01. The Kier molecular flexibility index (Phi) is 9.42. The molecule has 1 saturated heterocycles. The van der Waals surface area contributed by atoms with Gasteiger partial charge in [-0.1, -0.05) is 6.07 Å². The second-order valence-electron chi connectivity index (χ2n) is 5.85. The van der Waals surface area contributed by atoms with E-state index in [1.165, 1.54) is 0 Å². The number of pyridine rings is 1. The molecule has 0 radical (unpaired) electrons. The molecular weight excluding hydrogens is 403 g/mol. The highest BCUT2D eigenvalue weighted by Gasteiger charge is 2.21. The summed E-state index contributed by atoms with van der Waals surface area (Å²) in [6, 6.07) is 6.53. The fourth-order valence-electron chi connectivity index (χ4n) is 2.61. The molecule has 0 spiro atoms. The molecule has 6 nitrogen and oxygen atoms in total. The van der Waals surface area contributed by atoms with Crippen LogP contribution < -0.4 is 10.6 Å². The summed E-state index contributed by atoms with van der Waals surface area (Å²) in [7, 11) is 6.18. The van der Waals surface area contributed by atoms with Crippen molar-refractivity contribution in [2.24, 2.45) is 4.99 Å². The van der Waals surface area contributed by atoms with E-state index >= 15 is 0 Å².